The molecule has 0 unspecified atom stereocenters. The molecule has 5 aromatic rings. The molecule has 12 heteroatoms. The maximum atomic E-state index is 5.62. The summed E-state index contributed by atoms with van der Waals surface area (Å²) >= 11 is 0. The number of halogens is 2. The molecule has 294 valence electrons. The number of pyridine rings is 1. The number of hydrogen-bond donors (Lipinski definition) is 0. The summed E-state index contributed by atoms with van der Waals surface area (Å²) in [6.07, 6.45) is 3.93. The number of benzene rings is 4. The lowest BCUT2D eigenvalue weighted by atomic mass is 9.99. The van der Waals surface area contributed by atoms with Crippen LogP contribution in [-0.4, -0.2) is 78.8 Å². The van der Waals surface area contributed by atoms with E-state index in [0.29, 0.717) is 40.5 Å². The van der Waals surface area contributed by atoms with Gasteiger partial charge in [0, 0.05) is 49.7 Å². The Labute approximate surface area is 337 Å². The van der Waals surface area contributed by atoms with E-state index in [1.54, 1.807) is 49.8 Å². The Morgan fingerprint density at radius 1 is 0.582 bits per heavy atom. The Morgan fingerprint density at radius 3 is 1.67 bits per heavy atom. The number of nitrogens with zero attached hydrogens (tertiary/aromatic N) is 3. The van der Waals surface area contributed by atoms with E-state index in [-0.39, 0.29) is 24.8 Å². The van der Waals surface area contributed by atoms with Crippen molar-refractivity contribution in [3.63, 3.8) is 0 Å². The van der Waals surface area contributed by atoms with Crippen molar-refractivity contribution < 1.29 is 33.2 Å². The summed E-state index contributed by atoms with van der Waals surface area (Å²) in [6.45, 7) is 3.57. The van der Waals surface area contributed by atoms with Gasteiger partial charge in [-0.25, -0.2) is 0 Å². The number of aromatic nitrogens is 1. The van der Waals surface area contributed by atoms with Crippen molar-refractivity contribution in [2.75, 3.05) is 67.8 Å². The number of hydrogen-bond acceptors (Lipinski definition) is 10. The molecule has 2 heterocycles. The minimum atomic E-state index is 0. The topological polar surface area (TPSA) is 84.0 Å². The van der Waals surface area contributed by atoms with Crippen LogP contribution in [0.2, 0.25) is 0 Å². The number of rotatable bonds is 15. The van der Waals surface area contributed by atoms with Crippen molar-refractivity contribution in [3.05, 3.63) is 102 Å². The first-order valence-corrected chi connectivity index (χ1v) is 17.7. The molecule has 1 aliphatic heterocycles. The van der Waals surface area contributed by atoms with Crippen LogP contribution in [0.1, 0.15) is 24.0 Å². The van der Waals surface area contributed by atoms with Crippen LogP contribution in [-0.2, 0) is 13.1 Å². The largest absolute Gasteiger partial charge is 0.497 e. The van der Waals surface area contributed by atoms with Crippen molar-refractivity contribution in [3.8, 4) is 62.6 Å². The minimum Gasteiger partial charge on any atom is -0.497 e. The zero-order valence-corrected chi connectivity index (χ0v) is 34.1. The van der Waals surface area contributed by atoms with Crippen molar-refractivity contribution in [2.24, 2.45) is 0 Å². The molecule has 1 aromatic heterocycles. The van der Waals surface area contributed by atoms with Crippen molar-refractivity contribution in [1.82, 2.24) is 9.88 Å². The molecule has 0 N–H and O–H groups in total. The number of piperidine rings is 1. The molecule has 0 bridgehead atoms. The van der Waals surface area contributed by atoms with Gasteiger partial charge in [0.1, 0.15) is 5.75 Å². The van der Waals surface area contributed by atoms with Gasteiger partial charge >= 0.3 is 0 Å². The summed E-state index contributed by atoms with van der Waals surface area (Å²) in [5.41, 5.74) is 7.42. The molecule has 4 aromatic carbocycles. The smallest absolute Gasteiger partial charge is 0.203 e. The second-order valence-corrected chi connectivity index (χ2v) is 12.9. The predicted octanol–water partition coefficient (Wildman–Crippen LogP) is 8.99. The standard InChI is InChI=1S/C43H49N3O7.2ClH/c1-47-36-13-11-34(12-14-36)46(28-30-15-18-44-37(22-30)33-25-40(50-4)43(53-7)41(26-33)51-5)35-16-19-45(20-17-35)27-29-9-8-10-31(21-29)32-23-38(48-2)42(52-6)39(24-32)49-3;;/h8-15,18,21-26,35H,16-17,19-20,27-28H2,1-7H3;2*1H. The van der Waals surface area contributed by atoms with Gasteiger partial charge in [0.05, 0.1) is 55.5 Å². The molecule has 0 spiro atoms. The van der Waals surface area contributed by atoms with Gasteiger partial charge in [0.15, 0.2) is 23.0 Å². The van der Waals surface area contributed by atoms with Crippen molar-refractivity contribution in [1.29, 1.82) is 0 Å². The maximum Gasteiger partial charge on any atom is 0.203 e. The fraction of sp³-hybridized carbons (Fsp3) is 0.326. The lowest BCUT2D eigenvalue weighted by molar-refractivity contribution is 0.201. The van der Waals surface area contributed by atoms with Crippen LogP contribution in [0.15, 0.2) is 91.1 Å². The zero-order valence-electron chi connectivity index (χ0n) is 32.5. The lowest BCUT2D eigenvalue weighted by Gasteiger charge is -2.40. The highest BCUT2D eigenvalue weighted by atomic mass is 35.5. The van der Waals surface area contributed by atoms with Crippen LogP contribution in [0, 0.1) is 0 Å². The molecule has 55 heavy (non-hydrogen) atoms. The summed E-state index contributed by atoms with van der Waals surface area (Å²) in [5, 5.41) is 0. The van der Waals surface area contributed by atoms with E-state index in [2.05, 4.69) is 58.3 Å². The lowest BCUT2D eigenvalue weighted by Crippen LogP contribution is -2.44. The first kappa shape index (κ1) is 42.7. The molecular formula is C43H51Cl2N3O7. The van der Waals surface area contributed by atoms with Gasteiger partial charge in [-0.15, -0.1) is 24.8 Å². The van der Waals surface area contributed by atoms with Crippen molar-refractivity contribution in [2.45, 2.75) is 32.0 Å². The van der Waals surface area contributed by atoms with Gasteiger partial charge in [-0.05, 0) is 102 Å². The molecule has 0 aliphatic carbocycles. The molecule has 0 saturated carbocycles. The Morgan fingerprint density at radius 2 is 1.15 bits per heavy atom. The quantitative estimate of drug-likeness (QED) is 0.103. The summed E-state index contributed by atoms with van der Waals surface area (Å²) in [6, 6.07) is 29.5. The Kier molecular flexibility index (Phi) is 15.6. The molecule has 1 aliphatic rings. The number of likely N-dealkylation sites (tertiary alicyclic amines) is 1. The van der Waals surface area contributed by atoms with Crippen LogP contribution < -0.4 is 38.1 Å². The molecule has 10 nitrogen and oxygen atoms in total. The van der Waals surface area contributed by atoms with E-state index in [1.165, 1.54) is 5.56 Å². The number of anilines is 1. The first-order valence-electron chi connectivity index (χ1n) is 17.7. The SMILES string of the molecule is COc1ccc(N(Cc2ccnc(-c3cc(OC)c(OC)c(OC)c3)c2)C2CCN(Cc3cccc(-c4cc(OC)c(OC)c(OC)c4)c3)CC2)cc1.Cl.Cl. The van der Waals surface area contributed by atoms with Crippen LogP contribution in [0.25, 0.3) is 22.4 Å². The number of ether oxygens (including phenoxy) is 7. The Balaban J connectivity index is 0.00000336. The van der Waals surface area contributed by atoms with E-state index in [0.717, 1.165) is 78.4 Å². The van der Waals surface area contributed by atoms with E-state index in [1.807, 2.05) is 42.6 Å². The fourth-order valence-electron chi connectivity index (χ4n) is 7.11. The van der Waals surface area contributed by atoms with Gasteiger partial charge in [0.25, 0.3) is 0 Å². The fourth-order valence-corrected chi connectivity index (χ4v) is 7.11. The monoisotopic (exact) mass is 791 g/mol. The average molecular weight is 793 g/mol. The maximum absolute atomic E-state index is 5.62. The van der Waals surface area contributed by atoms with Gasteiger partial charge in [0.2, 0.25) is 11.5 Å². The Bertz CT molecular complexity index is 1940. The molecule has 0 radical (unpaired) electrons. The first-order chi connectivity index (χ1) is 25.9. The minimum absolute atomic E-state index is 0. The number of methoxy groups -OCH3 is 7. The van der Waals surface area contributed by atoms with Crippen LogP contribution in [0.4, 0.5) is 5.69 Å². The summed E-state index contributed by atoms with van der Waals surface area (Å²) < 4.78 is 39.0. The molecule has 1 saturated heterocycles. The van der Waals surface area contributed by atoms with Gasteiger partial charge < -0.3 is 38.1 Å². The van der Waals surface area contributed by atoms with E-state index in [4.69, 9.17) is 38.1 Å². The predicted molar refractivity (Wildman–Crippen MR) is 223 cm³/mol. The highest BCUT2D eigenvalue weighted by Crippen LogP contribution is 2.42. The second-order valence-electron chi connectivity index (χ2n) is 12.9. The third-order valence-corrected chi connectivity index (χ3v) is 9.87. The summed E-state index contributed by atoms with van der Waals surface area (Å²) in [7, 11) is 11.5. The second kappa shape index (κ2) is 20.0. The normalized spacial score (nSPS) is 12.8. The van der Waals surface area contributed by atoms with E-state index >= 15 is 0 Å². The summed E-state index contributed by atoms with van der Waals surface area (Å²) in [4.78, 5) is 9.79. The summed E-state index contributed by atoms with van der Waals surface area (Å²) in [5.74, 6) is 4.44. The zero-order chi connectivity index (χ0) is 37.3. The molecule has 0 amide bonds. The van der Waals surface area contributed by atoms with Gasteiger partial charge in [-0.1, -0.05) is 18.2 Å². The van der Waals surface area contributed by atoms with Crippen LogP contribution in [0.5, 0.6) is 40.2 Å². The van der Waals surface area contributed by atoms with Gasteiger partial charge in [-0.2, -0.15) is 0 Å². The Hall–Kier alpha value is -5.03. The van der Waals surface area contributed by atoms with Crippen LogP contribution in [0.3, 0.4) is 0 Å². The van der Waals surface area contributed by atoms with Crippen molar-refractivity contribution >= 4 is 30.5 Å². The third kappa shape index (κ3) is 9.80. The molecule has 6 rings (SSSR count). The highest BCUT2D eigenvalue weighted by Gasteiger charge is 2.26. The molecule has 1 fully saturated rings. The third-order valence-electron chi connectivity index (χ3n) is 9.87. The average Bonchev–Trinajstić information content (AvgIpc) is 3.22. The highest BCUT2D eigenvalue weighted by molar-refractivity contribution is 5.85. The van der Waals surface area contributed by atoms with Crippen LogP contribution >= 0.6 is 24.8 Å². The molecule has 0 atom stereocenters. The molecular weight excluding hydrogens is 741 g/mol. The van der Waals surface area contributed by atoms with Gasteiger partial charge in [-0.3, -0.25) is 9.88 Å². The van der Waals surface area contributed by atoms with E-state index in [9.17, 15) is 0 Å². The van der Waals surface area contributed by atoms with E-state index < -0.39 is 0 Å².